The van der Waals surface area contributed by atoms with Crippen LogP contribution in [0.1, 0.15) is 11.1 Å². The SMILES string of the molecule is Fc1nc(F)c(F)c(N2Cc3ccccc3C2)c1F. The maximum absolute atomic E-state index is 13.6. The fourth-order valence-electron chi connectivity index (χ4n) is 2.24. The second-order valence-electron chi connectivity index (χ2n) is 4.29. The molecule has 2 aromatic rings. The fourth-order valence-corrected chi connectivity index (χ4v) is 2.24. The van der Waals surface area contributed by atoms with Crippen LogP contribution in [0.4, 0.5) is 23.2 Å². The Hall–Kier alpha value is -2.11. The summed E-state index contributed by atoms with van der Waals surface area (Å²) in [6.07, 6.45) is 0. The lowest BCUT2D eigenvalue weighted by Gasteiger charge is -2.19. The first-order chi connectivity index (χ1) is 9.08. The van der Waals surface area contributed by atoms with Crippen LogP contribution in [-0.4, -0.2) is 4.98 Å². The summed E-state index contributed by atoms with van der Waals surface area (Å²) >= 11 is 0. The van der Waals surface area contributed by atoms with Crippen molar-refractivity contribution in [1.29, 1.82) is 0 Å². The number of halogens is 4. The van der Waals surface area contributed by atoms with Gasteiger partial charge in [-0.3, -0.25) is 0 Å². The fraction of sp³-hybridized carbons (Fsp3) is 0.154. The second-order valence-corrected chi connectivity index (χ2v) is 4.29. The molecule has 19 heavy (non-hydrogen) atoms. The third kappa shape index (κ3) is 1.83. The van der Waals surface area contributed by atoms with Crippen molar-refractivity contribution in [3.63, 3.8) is 0 Å². The van der Waals surface area contributed by atoms with Gasteiger partial charge in [0.25, 0.3) is 11.9 Å². The van der Waals surface area contributed by atoms with Gasteiger partial charge >= 0.3 is 0 Å². The van der Waals surface area contributed by atoms with Crippen LogP contribution >= 0.6 is 0 Å². The molecule has 0 saturated heterocycles. The zero-order chi connectivity index (χ0) is 13.6. The predicted octanol–water partition coefficient (Wildman–Crippen LogP) is 3.16. The summed E-state index contributed by atoms with van der Waals surface area (Å²) in [5.74, 6) is -6.20. The first kappa shape index (κ1) is 12.0. The lowest BCUT2D eigenvalue weighted by molar-refractivity contribution is 0.406. The van der Waals surface area contributed by atoms with E-state index in [4.69, 9.17) is 0 Å². The lowest BCUT2D eigenvalue weighted by Crippen LogP contribution is -2.20. The highest BCUT2D eigenvalue weighted by atomic mass is 19.2. The van der Waals surface area contributed by atoms with Gasteiger partial charge in [-0.2, -0.15) is 22.5 Å². The van der Waals surface area contributed by atoms with E-state index in [9.17, 15) is 17.6 Å². The molecule has 98 valence electrons. The quantitative estimate of drug-likeness (QED) is 0.583. The van der Waals surface area contributed by atoms with Crippen molar-refractivity contribution >= 4 is 5.69 Å². The van der Waals surface area contributed by atoms with E-state index < -0.39 is 29.2 Å². The number of anilines is 1. The maximum atomic E-state index is 13.6. The Labute approximate surface area is 106 Å². The molecule has 0 atom stereocenters. The summed E-state index contributed by atoms with van der Waals surface area (Å²) in [7, 11) is 0. The Morgan fingerprint density at radius 3 is 1.79 bits per heavy atom. The zero-order valence-electron chi connectivity index (χ0n) is 9.63. The normalized spacial score (nSPS) is 13.8. The van der Waals surface area contributed by atoms with Crippen molar-refractivity contribution in [2.75, 3.05) is 4.90 Å². The molecular weight excluding hydrogens is 260 g/mol. The van der Waals surface area contributed by atoms with Gasteiger partial charge < -0.3 is 4.90 Å². The van der Waals surface area contributed by atoms with E-state index in [0.29, 0.717) is 0 Å². The number of nitrogens with zero attached hydrogens (tertiary/aromatic N) is 2. The van der Waals surface area contributed by atoms with Crippen molar-refractivity contribution in [3.8, 4) is 0 Å². The van der Waals surface area contributed by atoms with E-state index in [1.54, 1.807) is 24.3 Å². The van der Waals surface area contributed by atoms with E-state index in [1.165, 1.54) is 4.90 Å². The number of hydrogen-bond acceptors (Lipinski definition) is 2. The molecule has 0 spiro atoms. The van der Waals surface area contributed by atoms with E-state index in [-0.39, 0.29) is 13.1 Å². The molecule has 6 heteroatoms. The molecule has 0 saturated carbocycles. The van der Waals surface area contributed by atoms with E-state index >= 15 is 0 Å². The molecule has 1 aliphatic heterocycles. The average molecular weight is 268 g/mol. The second kappa shape index (κ2) is 4.22. The third-order valence-corrected chi connectivity index (χ3v) is 3.13. The molecule has 1 aromatic carbocycles. The predicted molar refractivity (Wildman–Crippen MR) is 60.4 cm³/mol. The Bertz CT molecular complexity index is 606. The number of hydrogen-bond donors (Lipinski definition) is 0. The molecule has 2 nitrogen and oxygen atoms in total. The van der Waals surface area contributed by atoms with Gasteiger partial charge in [0.1, 0.15) is 5.69 Å². The molecule has 2 heterocycles. The van der Waals surface area contributed by atoms with Gasteiger partial charge in [-0.05, 0) is 11.1 Å². The molecule has 0 fully saturated rings. The van der Waals surface area contributed by atoms with Crippen LogP contribution in [0.2, 0.25) is 0 Å². The number of aromatic nitrogens is 1. The van der Waals surface area contributed by atoms with Crippen LogP contribution in [-0.2, 0) is 13.1 Å². The molecule has 0 aliphatic carbocycles. The van der Waals surface area contributed by atoms with Gasteiger partial charge in [0.15, 0.2) is 0 Å². The van der Waals surface area contributed by atoms with Gasteiger partial charge in [0, 0.05) is 13.1 Å². The van der Waals surface area contributed by atoms with E-state index in [2.05, 4.69) is 4.98 Å². The highest BCUT2D eigenvalue weighted by Gasteiger charge is 2.29. The van der Waals surface area contributed by atoms with Crippen LogP contribution in [0.3, 0.4) is 0 Å². The van der Waals surface area contributed by atoms with Gasteiger partial charge in [0.05, 0.1) is 0 Å². The number of pyridine rings is 1. The van der Waals surface area contributed by atoms with Crippen LogP contribution in [0.5, 0.6) is 0 Å². The topological polar surface area (TPSA) is 16.1 Å². The molecule has 0 N–H and O–H groups in total. The monoisotopic (exact) mass is 268 g/mol. The Morgan fingerprint density at radius 2 is 1.32 bits per heavy atom. The van der Waals surface area contributed by atoms with Gasteiger partial charge in [-0.1, -0.05) is 24.3 Å². The minimum atomic E-state index is -1.63. The summed E-state index contributed by atoms with van der Waals surface area (Å²) in [5, 5.41) is 0. The van der Waals surface area contributed by atoms with Crippen LogP contribution in [0.15, 0.2) is 24.3 Å². The minimum Gasteiger partial charge on any atom is -0.358 e. The van der Waals surface area contributed by atoms with Crippen molar-refractivity contribution in [2.24, 2.45) is 0 Å². The lowest BCUT2D eigenvalue weighted by atomic mass is 10.1. The summed E-state index contributed by atoms with van der Waals surface area (Å²) < 4.78 is 53.4. The molecular formula is C13H8F4N2. The molecule has 0 radical (unpaired) electrons. The first-order valence-electron chi connectivity index (χ1n) is 5.59. The average Bonchev–Trinajstić information content (AvgIpc) is 2.80. The molecule has 3 rings (SSSR count). The Morgan fingerprint density at radius 1 is 0.842 bits per heavy atom. The van der Waals surface area contributed by atoms with Crippen molar-refractivity contribution in [2.45, 2.75) is 13.1 Å². The Kier molecular flexibility index (Phi) is 2.66. The van der Waals surface area contributed by atoms with Crippen LogP contribution < -0.4 is 4.90 Å². The standard InChI is InChI=1S/C13H8F4N2/c14-9-11(10(15)13(17)18-12(9)16)19-5-7-3-1-2-4-8(7)6-19/h1-4H,5-6H2. The minimum absolute atomic E-state index is 0.201. The van der Waals surface area contributed by atoms with E-state index in [1.807, 2.05) is 0 Å². The summed E-state index contributed by atoms with van der Waals surface area (Å²) in [6, 6.07) is 7.20. The third-order valence-electron chi connectivity index (χ3n) is 3.13. The van der Waals surface area contributed by atoms with E-state index in [0.717, 1.165) is 11.1 Å². The van der Waals surface area contributed by atoms with Crippen molar-refractivity contribution in [3.05, 3.63) is 58.9 Å². The van der Waals surface area contributed by atoms with Crippen molar-refractivity contribution in [1.82, 2.24) is 4.98 Å². The highest BCUT2D eigenvalue weighted by molar-refractivity contribution is 5.53. The maximum Gasteiger partial charge on any atom is 0.253 e. The molecule has 0 bridgehead atoms. The summed E-state index contributed by atoms with van der Waals surface area (Å²) in [6.45, 7) is 0.403. The zero-order valence-corrected chi connectivity index (χ0v) is 9.63. The van der Waals surface area contributed by atoms with Gasteiger partial charge in [-0.15, -0.1) is 0 Å². The summed E-state index contributed by atoms with van der Waals surface area (Å²) in [5.41, 5.74) is 1.04. The van der Waals surface area contributed by atoms with Gasteiger partial charge in [0.2, 0.25) is 11.6 Å². The largest absolute Gasteiger partial charge is 0.358 e. The number of fused-ring (bicyclic) bond motifs is 1. The molecule has 0 amide bonds. The molecule has 1 aromatic heterocycles. The smallest absolute Gasteiger partial charge is 0.253 e. The molecule has 0 unspecified atom stereocenters. The van der Waals surface area contributed by atoms with Crippen molar-refractivity contribution < 1.29 is 17.6 Å². The molecule has 1 aliphatic rings. The van der Waals surface area contributed by atoms with Crippen LogP contribution in [0.25, 0.3) is 0 Å². The highest BCUT2D eigenvalue weighted by Crippen LogP contribution is 2.33. The van der Waals surface area contributed by atoms with Gasteiger partial charge in [-0.25, -0.2) is 0 Å². The number of rotatable bonds is 1. The first-order valence-corrected chi connectivity index (χ1v) is 5.59. The summed E-state index contributed by atoms with van der Waals surface area (Å²) in [4.78, 5) is 3.80. The Balaban J connectivity index is 2.06. The van der Waals surface area contributed by atoms with Crippen LogP contribution in [0, 0.1) is 23.5 Å². The number of benzene rings is 1.